The lowest BCUT2D eigenvalue weighted by Gasteiger charge is -2.40. The molecule has 0 radical (unpaired) electrons. The highest BCUT2D eigenvalue weighted by atomic mass is 35.5. The molecule has 1 heterocycles. The summed E-state index contributed by atoms with van der Waals surface area (Å²) in [6.45, 7) is 8.53. The molecule has 1 amide bonds. The van der Waals surface area contributed by atoms with Crippen LogP contribution in [0.4, 0.5) is 0 Å². The number of amides is 1. The van der Waals surface area contributed by atoms with Crippen molar-refractivity contribution in [2.75, 3.05) is 27.3 Å². The molecule has 0 bridgehead atoms. The predicted molar refractivity (Wildman–Crippen MR) is 120 cm³/mol. The number of likely N-dealkylation sites (N-methyl/N-ethyl adjacent to an activating group) is 1. The van der Waals surface area contributed by atoms with Crippen LogP contribution < -0.4 is 19.7 Å². The van der Waals surface area contributed by atoms with Gasteiger partial charge in [-0.05, 0) is 54.8 Å². The summed E-state index contributed by atoms with van der Waals surface area (Å²) < 4.78 is 11.1. The number of carbonyl (C=O) groups excluding carboxylic acids is 1. The standard InChI is InChI=1S/C24H31ClN2O3/c1-6-27-12-11-17-13-20(29-4)21(30-5)14-19(17)23(27)22(15(2)3)26-24(28)16-7-9-18(25)10-8-16/h7-10,13-15,22-23H,6,11-12H2,1-5H3,(H,26,28)/p+1/t22-,23+/m1/s1. The van der Waals surface area contributed by atoms with E-state index in [9.17, 15) is 4.79 Å². The topological polar surface area (TPSA) is 52.0 Å². The Morgan fingerprint density at radius 3 is 2.37 bits per heavy atom. The van der Waals surface area contributed by atoms with Crippen molar-refractivity contribution in [1.29, 1.82) is 0 Å². The molecule has 1 unspecified atom stereocenters. The van der Waals surface area contributed by atoms with Gasteiger partial charge in [0.05, 0.1) is 33.4 Å². The first-order valence-electron chi connectivity index (χ1n) is 10.5. The van der Waals surface area contributed by atoms with Gasteiger partial charge >= 0.3 is 0 Å². The highest BCUT2D eigenvalue weighted by Gasteiger charge is 2.39. The van der Waals surface area contributed by atoms with Crippen molar-refractivity contribution in [3.05, 3.63) is 58.1 Å². The Hall–Kier alpha value is -2.24. The number of hydrogen-bond acceptors (Lipinski definition) is 3. The fraction of sp³-hybridized carbons (Fsp3) is 0.458. The minimum atomic E-state index is -0.0755. The van der Waals surface area contributed by atoms with Crippen molar-refractivity contribution in [1.82, 2.24) is 5.32 Å². The van der Waals surface area contributed by atoms with Gasteiger partial charge in [0.15, 0.2) is 11.5 Å². The number of benzene rings is 2. The third-order valence-electron chi connectivity index (χ3n) is 6.07. The Morgan fingerprint density at radius 2 is 1.80 bits per heavy atom. The second-order valence-corrected chi connectivity index (χ2v) is 8.58. The van der Waals surface area contributed by atoms with Crippen molar-refractivity contribution in [2.24, 2.45) is 5.92 Å². The summed E-state index contributed by atoms with van der Waals surface area (Å²) >= 11 is 5.98. The molecule has 5 nitrogen and oxygen atoms in total. The van der Waals surface area contributed by atoms with E-state index in [4.69, 9.17) is 21.1 Å². The number of carbonyl (C=O) groups is 1. The first-order valence-corrected chi connectivity index (χ1v) is 10.9. The molecule has 0 aromatic heterocycles. The van der Waals surface area contributed by atoms with Gasteiger partial charge in [0, 0.05) is 22.6 Å². The normalized spacial score (nSPS) is 19.2. The number of halogens is 1. The van der Waals surface area contributed by atoms with Gasteiger partial charge in [-0.15, -0.1) is 0 Å². The largest absolute Gasteiger partial charge is 0.493 e. The zero-order chi connectivity index (χ0) is 21.8. The Morgan fingerprint density at radius 1 is 1.17 bits per heavy atom. The van der Waals surface area contributed by atoms with E-state index in [2.05, 4.69) is 38.2 Å². The van der Waals surface area contributed by atoms with Crippen LogP contribution in [0.1, 0.15) is 48.3 Å². The van der Waals surface area contributed by atoms with Gasteiger partial charge in [-0.2, -0.15) is 0 Å². The summed E-state index contributed by atoms with van der Waals surface area (Å²) in [5.41, 5.74) is 3.11. The summed E-state index contributed by atoms with van der Waals surface area (Å²) in [7, 11) is 3.33. The van der Waals surface area contributed by atoms with Crippen LogP contribution in [0.5, 0.6) is 11.5 Å². The quantitative estimate of drug-likeness (QED) is 0.707. The number of fused-ring (bicyclic) bond motifs is 1. The molecule has 0 saturated heterocycles. The van der Waals surface area contributed by atoms with E-state index in [-0.39, 0.29) is 23.9 Å². The van der Waals surface area contributed by atoms with Crippen LogP contribution >= 0.6 is 11.6 Å². The highest BCUT2D eigenvalue weighted by molar-refractivity contribution is 6.30. The first kappa shape index (κ1) is 22.4. The second-order valence-electron chi connectivity index (χ2n) is 8.15. The lowest BCUT2D eigenvalue weighted by atomic mass is 9.83. The van der Waals surface area contributed by atoms with Crippen LogP contribution in [0.2, 0.25) is 5.02 Å². The Balaban J connectivity index is 2.00. The Bertz CT molecular complexity index is 883. The summed E-state index contributed by atoms with van der Waals surface area (Å²) in [4.78, 5) is 14.5. The number of nitrogens with one attached hydrogen (secondary N) is 2. The van der Waals surface area contributed by atoms with Gasteiger partial charge in [0.1, 0.15) is 6.04 Å². The Labute approximate surface area is 184 Å². The molecule has 0 fully saturated rings. The molecule has 0 spiro atoms. The van der Waals surface area contributed by atoms with E-state index in [0.717, 1.165) is 31.0 Å². The van der Waals surface area contributed by atoms with Crippen molar-refractivity contribution in [3.8, 4) is 11.5 Å². The number of rotatable bonds is 7. The number of methoxy groups -OCH3 is 2. The third-order valence-corrected chi connectivity index (χ3v) is 6.32. The Kier molecular flexibility index (Phi) is 7.27. The molecule has 1 aliphatic rings. The zero-order valence-electron chi connectivity index (χ0n) is 18.4. The van der Waals surface area contributed by atoms with Crippen molar-refractivity contribution >= 4 is 17.5 Å². The number of ether oxygens (including phenoxy) is 2. The second kappa shape index (κ2) is 9.71. The minimum Gasteiger partial charge on any atom is -0.493 e. The predicted octanol–water partition coefficient (Wildman–Crippen LogP) is 3.31. The molecule has 0 saturated carbocycles. The average molecular weight is 432 g/mol. The minimum absolute atomic E-state index is 0.0275. The maximum absolute atomic E-state index is 13.0. The fourth-order valence-corrected chi connectivity index (χ4v) is 4.55. The molecule has 6 heteroatoms. The van der Waals surface area contributed by atoms with Gasteiger partial charge in [0.2, 0.25) is 0 Å². The molecule has 0 aliphatic carbocycles. The van der Waals surface area contributed by atoms with E-state index >= 15 is 0 Å². The van der Waals surface area contributed by atoms with E-state index in [1.54, 1.807) is 38.5 Å². The van der Waals surface area contributed by atoms with Crippen LogP contribution in [-0.2, 0) is 6.42 Å². The molecule has 30 heavy (non-hydrogen) atoms. The van der Waals surface area contributed by atoms with Gasteiger partial charge in [0.25, 0.3) is 5.91 Å². The van der Waals surface area contributed by atoms with Crippen LogP contribution in [0.15, 0.2) is 36.4 Å². The van der Waals surface area contributed by atoms with Crippen LogP contribution in [0.3, 0.4) is 0 Å². The molecule has 3 atom stereocenters. The maximum Gasteiger partial charge on any atom is 0.251 e. The average Bonchev–Trinajstić information content (AvgIpc) is 2.75. The molecule has 2 aromatic carbocycles. The van der Waals surface area contributed by atoms with Crippen LogP contribution in [0.25, 0.3) is 0 Å². The summed E-state index contributed by atoms with van der Waals surface area (Å²) in [6.07, 6.45) is 0.977. The van der Waals surface area contributed by atoms with E-state index in [0.29, 0.717) is 10.6 Å². The van der Waals surface area contributed by atoms with Crippen LogP contribution in [-0.4, -0.2) is 39.3 Å². The molecular formula is C24H32ClN2O3+. The van der Waals surface area contributed by atoms with Crippen molar-refractivity contribution in [3.63, 3.8) is 0 Å². The molecule has 162 valence electrons. The van der Waals surface area contributed by atoms with Gasteiger partial charge < -0.3 is 19.7 Å². The SMILES string of the molecule is CC[NH+]1CCc2cc(OC)c(OC)cc2[C@H]1[C@H](NC(=O)c1ccc(Cl)cc1)C(C)C. The van der Waals surface area contributed by atoms with Gasteiger partial charge in [-0.3, -0.25) is 4.79 Å². The molecule has 2 N–H and O–H groups in total. The smallest absolute Gasteiger partial charge is 0.251 e. The molecular weight excluding hydrogens is 400 g/mol. The van der Waals surface area contributed by atoms with Crippen molar-refractivity contribution in [2.45, 2.75) is 39.3 Å². The summed E-state index contributed by atoms with van der Waals surface area (Å²) in [5.74, 6) is 1.66. The molecule has 1 aliphatic heterocycles. The maximum atomic E-state index is 13.0. The molecule has 2 aromatic rings. The number of hydrogen-bond donors (Lipinski definition) is 2. The highest BCUT2D eigenvalue weighted by Crippen LogP contribution is 2.36. The fourth-order valence-electron chi connectivity index (χ4n) is 4.43. The van der Waals surface area contributed by atoms with Gasteiger partial charge in [-0.1, -0.05) is 25.4 Å². The lowest BCUT2D eigenvalue weighted by molar-refractivity contribution is -0.934. The monoisotopic (exact) mass is 431 g/mol. The summed E-state index contributed by atoms with van der Waals surface area (Å²) in [5, 5.41) is 3.94. The first-order chi connectivity index (χ1) is 14.4. The van der Waals surface area contributed by atoms with E-state index in [1.807, 2.05) is 0 Å². The number of quaternary nitrogens is 1. The van der Waals surface area contributed by atoms with Crippen molar-refractivity contribution < 1.29 is 19.2 Å². The van der Waals surface area contributed by atoms with E-state index < -0.39 is 0 Å². The zero-order valence-corrected chi connectivity index (χ0v) is 19.2. The lowest BCUT2D eigenvalue weighted by Crippen LogP contribution is -3.14. The third kappa shape index (κ3) is 4.57. The van der Waals surface area contributed by atoms with Crippen LogP contribution in [0, 0.1) is 5.92 Å². The summed E-state index contributed by atoms with van der Waals surface area (Å²) in [6, 6.07) is 11.3. The van der Waals surface area contributed by atoms with E-state index in [1.165, 1.54) is 16.0 Å². The van der Waals surface area contributed by atoms with Gasteiger partial charge in [-0.25, -0.2) is 0 Å². The molecule has 3 rings (SSSR count).